The Hall–Kier alpha value is -0.420. The molecule has 1 aromatic rings. The summed E-state index contributed by atoms with van der Waals surface area (Å²) in [7, 11) is 0. The summed E-state index contributed by atoms with van der Waals surface area (Å²) < 4.78 is 0. The lowest BCUT2D eigenvalue weighted by molar-refractivity contribution is 0.292. The predicted octanol–water partition coefficient (Wildman–Crippen LogP) is 0.810. The normalized spacial score (nSPS) is 10.6. The first-order chi connectivity index (χ1) is 6.93. The van der Waals surface area contributed by atoms with E-state index in [1.165, 1.54) is 4.88 Å². The molecule has 1 aromatic heterocycles. The summed E-state index contributed by atoms with van der Waals surface area (Å²) in [6.07, 6.45) is 1.10. The molecule has 0 bridgehead atoms. The van der Waals surface area contributed by atoms with Crippen molar-refractivity contribution >= 4 is 11.3 Å². The monoisotopic (exact) mass is 214 g/mol. The zero-order valence-electron chi connectivity index (χ0n) is 8.33. The second-order valence-electron chi connectivity index (χ2n) is 3.08. The Kier molecular flexibility index (Phi) is 6.61. The molecule has 0 radical (unpaired) electrons. The number of thiophene rings is 1. The van der Waals surface area contributed by atoms with E-state index < -0.39 is 0 Å². The van der Waals surface area contributed by atoms with Crippen LogP contribution in [-0.2, 0) is 6.54 Å². The van der Waals surface area contributed by atoms with E-state index in [1.807, 2.05) is 0 Å². The molecule has 0 saturated heterocycles. The SMILES string of the molecule is OCCNCCCNCc1cccs1. The first kappa shape index (κ1) is 11.7. The minimum absolute atomic E-state index is 0.225. The van der Waals surface area contributed by atoms with Crippen molar-refractivity contribution in [2.24, 2.45) is 0 Å². The Morgan fingerprint density at radius 1 is 1.21 bits per heavy atom. The zero-order valence-corrected chi connectivity index (χ0v) is 9.15. The molecule has 0 amide bonds. The van der Waals surface area contributed by atoms with Crippen LogP contribution in [0.15, 0.2) is 17.5 Å². The van der Waals surface area contributed by atoms with Gasteiger partial charge >= 0.3 is 0 Å². The lowest BCUT2D eigenvalue weighted by Gasteiger charge is -2.03. The van der Waals surface area contributed by atoms with Gasteiger partial charge in [-0.15, -0.1) is 11.3 Å². The van der Waals surface area contributed by atoms with Crippen LogP contribution >= 0.6 is 11.3 Å². The van der Waals surface area contributed by atoms with Gasteiger partial charge in [0.1, 0.15) is 0 Å². The third-order valence-electron chi connectivity index (χ3n) is 1.88. The number of nitrogens with one attached hydrogen (secondary N) is 2. The van der Waals surface area contributed by atoms with Gasteiger partial charge in [-0.1, -0.05) is 6.07 Å². The molecule has 3 nitrogen and oxygen atoms in total. The van der Waals surface area contributed by atoms with Crippen molar-refractivity contribution < 1.29 is 5.11 Å². The highest BCUT2D eigenvalue weighted by Crippen LogP contribution is 2.06. The molecular weight excluding hydrogens is 196 g/mol. The number of hydrogen-bond acceptors (Lipinski definition) is 4. The molecule has 0 fully saturated rings. The van der Waals surface area contributed by atoms with Crippen LogP contribution in [0.4, 0.5) is 0 Å². The first-order valence-electron chi connectivity index (χ1n) is 4.98. The molecule has 14 heavy (non-hydrogen) atoms. The number of rotatable bonds is 8. The highest BCUT2D eigenvalue weighted by Gasteiger charge is 1.92. The van der Waals surface area contributed by atoms with Gasteiger partial charge in [0.15, 0.2) is 0 Å². The Balaban J connectivity index is 1.85. The third-order valence-corrected chi connectivity index (χ3v) is 2.75. The van der Waals surface area contributed by atoms with Crippen molar-refractivity contribution in [3.8, 4) is 0 Å². The van der Waals surface area contributed by atoms with Crippen LogP contribution in [0.25, 0.3) is 0 Å². The second-order valence-corrected chi connectivity index (χ2v) is 4.12. The van der Waals surface area contributed by atoms with Crippen LogP contribution in [-0.4, -0.2) is 31.3 Å². The molecule has 0 saturated carbocycles. The molecular formula is C10H18N2OS. The van der Waals surface area contributed by atoms with Gasteiger partial charge in [0, 0.05) is 18.0 Å². The van der Waals surface area contributed by atoms with Crippen molar-refractivity contribution in [3.63, 3.8) is 0 Å². The average molecular weight is 214 g/mol. The molecule has 0 spiro atoms. The summed E-state index contributed by atoms with van der Waals surface area (Å²) in [6.45, 7) is 3.89. The van der Waals surface area contributed by atoms with E-state index in [0.717, 1.165) is 26.1 Å². The maximum Gasteiger partial charge on any atom is 0.0555 e. The molecule has 3 N–H and O–H groups in total. The van der Waals surface area contributed by atoms with Crippen LogP contribution in [0.5, 0.6) is 0 Å². The van der Waals surface area contributed by atoms with Crippen molar-refractivity contribution in [3.05, 3.63) is 22.4 Å². The summed E-state index contributed by atoms with van der Waals surface area (Å²) in [5.74, 6) is 0. The van der Waals surface area contributed by atoms with Crippen molar-refractivity contribution in [2.75, 3.05) is 26.2 Å². The van der Waals surface area contributed by atoms with Gasteiger partial charge in [0.2, 0.25) is 0 Å². The van der Waals surface area contributed by atoms with E-state index in [4.69, 9.17) is 5.11 Å². The fourth-order valence-corrected chi connectivity index (χ4v) is 1.84. The van der Waals surface area contributed by atoms with Gasteiger partial charge in [-0.2, -0.15) is 0 Å². The average Bonchev–Trinajstić information content (AvgIpc) is 2.69. The van der Waals surface area contributed by atoms with Crippen molar-refractivity contribution in [1.29, 1.82) is 0 Å². The fraction of sp³-hybridized carbons (Fsp3) is 0.600. The minimum atomic E-state index is 0.225. The van der Waals surface area contributed by atoms with E-state index >= 15 is 0 Å². The first-order valence-corrected chi connectivity index (χ1v) is 5.86. The number of aliphatic hydroxyl groups excluding tert-OH is 1. The molecule has 0 atom stereocenters. The van der Waals surface area contributed by atoms with E-state index in [2.05, 4.69) is 28.1 Å². The summed E-state index contributed by atoms with van der Waals surface area (Å²) in [5.41, 5.74) is 0. The molecule has 0 aliphatic carbocycles. The molecule has 0 unspecified atom stereocenters. The van der Waals surface area contributed by atoms with Gasteiger partial charge in [0.25, 0.3) is 0 Å². The van der Waals surface area contributed by atoms with Gasteiger partial charge in [0.05, 0.1) is 6.61 Å². The maximum atomic E-state index is 8.52. The van der Waals surface area contributed by atoms with Crippen LogP contribution < -0.4 is 10.6 Å². The van der Waals surface area contributed by atoms with Crippen LogP contribution in [0.3, 0.4) is 0 Å². The summed E-state index contributed by atoms with van der Waals surface area (Å²) in [5, 5.41) is 17.1. The lowest BCUT2D eigenvalue weighted by Crippen LogP contribution is -2.23. The van der Waals surface area contributed by atoms with E-state index in [9.17, 15) is 0 Å². The molecule has 80 valence electrons. The molecule has 1 rings (SSSR count). The topological polar surface area (TPSA) is 44.3 Å². The second kappa shape index (κ2) is 7.94. The number of hydrogen-bond donors (Lipinski definition) is 3. The van der Waals surface area contributed by atoms with E-state index in [-0.39, 0.29) is 6.61 Å². The zero-order chi connectivity index (χ0) is 10.1. The minimum Gasteiger partial charge on any atom is -0.395 e. The van der Waals surface area contributed by atoms with E-state index in [0.29, 0.717) is 6.54 Å². The Labute approximate surface area is 89.2 Å². The molecule has 0 aromatic carbocycles. The molecule has 0 aliphatic rings. The summed E-state index contributed by atoms with van der Waals surface area (Å²) in [4.78, 5) is 1.38. The number of aliphatic hydroxyl groups is 1. The van der Waals surface area contributed by atoms with Gasteiger partial charge < -0.3 is 15.7 Å². The summed E-state index contributed by atoms with van der Waals surface area (Å²) >= 11 is 1.78. The Bertz CT molecular complexity index is 214. The quantitative estimate of drug-likeness (QED) is 0.561. The molecule has 0 aliphatic heterocycles. The van der Waals surface area contributed by atoms with Crippen molar-refractivity contribution in [2.45, 2.75) is 13.0 Å². The van der Waals surface area contributed by atoms with Crippen LogP contribution in [0.1, 0.15) is 11.3 Å². The van der Waals surface area contributed by atoms with Crippen LogP contribution in [0, 0.1) is 0 Å². The fourth-order valence-electron chi connectivity index (χ4n) is 1.17. The standard InChI is InChI=1S/C10H18N2OS/c13-7-6-11-4-2-5-12-9-10-3-1-8-14-10/h1,3,8,11-13H,2,4-7,9H2. The van der Waals surface area contributed by atoms with Crippen LogP contribution in [0.2, 0.25) is 0 Å². The maximum absolute atomic E-state index is 8.52. The predicted molar refractivity (Wildman–Crippen MR) is 60.6 cm³/mol. The van der Waals surface area contributed by atoms with Gasteiger partial charge in [-0.25, -0.2) is 0 Å². The largest absolute Gasteiger partial charge is 0.395 e. The smallest absolute Gasteiger partial charge is 0.0555 e. The highest BCUT2D eigenvalue weighted by atomic mass is 32.1. The Morgan fingerprint density at radius 2 is 2.07 bits per heavy atom. The van der Waals surface area contributed by atoms with Gasteiger partial charge in [-0.3, -0.25) is 0 Å². The third kappa shape index (κ3) is 5.34. The Morgan fingerprint density at radius 3 is 2.79 bits per heavy atom. The molecule has 1 heterocycles. The summed E-state index contributed by atoms with van der Waals surface area (Å²) in [6, 6.07) is 4.21. The van der Waals surface area contributed by atoms with E-state index in [1.54, 1.807) is 11.3 Å². The molecule has 4 heteroatoms. The highest BCUT2D eigenvalue weighted by molar-refractivity contribution is 7.09. The van der Waals surface area contributed by atoms with Crippen molar-refractivity contribution in [1.82, 2.24) is 10.6 Å². The lowest BCUT2D eigenvalue weighted by atomic mass is 10.4. The van der Waals surface area contributed by atoms with Gasteiger partial charge in [-0.05, 0) is 31.0 Å².